The van der Waals surface area contributed by atoms with E-state index in [1.165, 1.54) is 10.5 Å². The fourth-order valence-electron chi connectivity index (χ4n) is 2.24. The summed E-state index contributed by atoms with van der Waals surface area (Å²) >= 11 is 8.93. The van der Waals surface area contributed by atoms with Crippen molar-refractivity contribution in [2.75, 3.05) is 26.0 Å². The summed E-state index contributed by atoms with van der Waals surface area (Å²) in [6.07, 6.45) is 0. The van der Waals surface area contributed by atoms with E-state index < -0.39 is 0 Å². The van der Waals surface area contributed by atoms with Crippen molar-refractivity contribution in [1.29, 1.82) is 0 Å². The maximum Gasteiger partial charge on any atom is 0.171 e. The molecule has 3 N–H and O–H groups in total. The Labute approximate surface area is 145 Å². The van der Waals surface area contributed by atoms with Crippen molar-refractivity contribution < 1.29 is 4.90 Å². The van der Waals surface area contributed by atoms with E-state index >= 15 is 0 Å². The summed E-state index contributed by atoms with van der Waals surface area (Å²) in [7, 11) is 4.28. The summed E-state index contributed by atoms with van der Waals surface area (Å²) in [4.78, 5) is 1.37. The molecule has 0 unspecified atom stereocenters. The highest BCUT2D eigenvalue weighted by Gasteiger charge is 2.15. The summed E-state index contributed by atoms with van der Waals surface area (Å²) in [5.41, 5.74) is 2.21. The third-order valence-electron chi connectivity index (χ3n) is 3.20. The number of anilines is 1. The molecule has 0 aliphatic carbocycles. The lowest BCUT2D eigenvalue weighted by Gasteiger charge is -2.22. The molecule has 22 heavy (non-hydrogen) atoms. The Morgan fingerprint density at radius 1 is 1.14 bits per heavy atom. The van der Waals surface area contributed by atoms with Gasteiger partial charge in [0.25, 0.3) is 0 Å². The van der Waals surface area contributed by atoms with E-state index in [9.17, 15) is 0 Å². The van der Waals surface area contributed by atoms with Crippen LogP contribution in [0.25, 0.3) is 0 Å². The highest BCUT2D eigenvalue weighted by atomic mass is 79.9. The van der Waals surface area contributed by atoms with Crippen molar-refractivity contribution in [1.82, 2.24) is 5.32 Å². The molecule has 0 radical (unpaired) electrons. The second-order valence-electron chi connectivity index (χ2n) is 5.48. The molecule has 2 aromatic rings. The van der Waals surface area contributed by atoms with Gasteiger partial charge in [-0.05, 0) is 36.0 Å². The first-order valence-electron chi connectivity index (χ1n) is 7.21. The second kappa shape index (κ2) is 8.27. The molecule has 0 fully saturated rings. The molecule has 0 spiro atoms. The van der Waals surface area contributed by atoms with Crippen LogP contribution in [0.4, 0.5) is 5.69 Å². The van der Waals surface area contributed by atoms with Gasteiger partial charge in [0.05, 0.1) is 14.1 Å². The van der Waals surface area contributed by atoms with Crippen molar-refractivity contribution in [2.24, 2.45) is 0 Å². The summed E-state index contributed by atoms with van der Waals surface area (Å²) in [6, 6.07) is 18.5. The molecule has 0 bridgehead atoms. The zero-order valence-corrected chi connectivity index (χ0v) is 15.2. The van der Waals surface area contributed by atoms with Crippen LogP contribution in [0.1, 0.15) is 11.6 Å². The van der Waals surface area contributed by atoms with Gasteiger partial charge < -0.3 is 15.5 Å². The zero-order chi connectivity index (χ0) is 15.9. The fraction of sp³-hybridized carbons (Fsp3) is 0.235. The lowest BCUT2D eigenvalue weighted by Crippen LogP contribution is -3.06. The number of hydrogen-bond acceptors (Lipinski definition) is 1. The fourth-order valence-corrected chi connectivity index (χ4v) is 2.90. The predicted octanol–water partition coefficient (Wildman–Crippen LogP) is 2.62. The van der Waals surface area contributed by atoms with Crippen molar-refractivity contribution in [2.45, 2.75) is 6.04 Å². The largest absolute Gasteiger partial charge is 0.350 e. The Balaban J connectivity index is 2.05. The third-order valence-corrected chi connectivity index (χ3v) is 3.92. The summed E-state index contributed by atoms with van der Waals surface area (Å²) in [6.45, 7) is 0.949. The van der Waals surface area contributed by atoms with Gasteiger partial charge in [-0.2, -0.15) is 0 Å². The number of thiocarbonyl (C=S) groups is 1. The van der Waals surface area contributed by atoms with Crippen LogP contribution in [0.15, 0.2) is 59.1 Å². The number of benzene rings is 2. The number of nitrogens with one attached hydrogen (secondary N) is 3. The molecule has 2 rings (SSSR count). The van der Waals surface area contributed by atoms with Crippen molar-refractivity contribution in [3.8, 4) is 0 Å². The summed E-state index contributed by atoms with van der Waals surface area (Å²) < 4.78 is 1.03. The molecular formula is C17H21BrN3S+. The topological polar surface area (TPSA) is 28.5 Å². The average Bonchev–Trinajstić information content (AvgIpc) is 2.47. The van der Waals surface area contributed by atoms with Gasteiger partial charge in [0.2, 0.25) is 0 Å². The van der Waals surface area contributed by atoms with Gasteiger partial charge in [-0.15, -0.1) is 0 Å². The standard InChI is InChI=1S/C17H20BrN3S/c1-21(2)12-16(13-7-4-3-5-8-13)20-17(22)19-15-10-6-9-14(18)11-15/h3-11,16H,12H2,1-2H3,(H2,19,20,22)/p+1/t16-/m1/s1. The van der Waals surface area contributed by atoms with Gasteiger partial charge in [-0.1, -0.05) is 52.3 Å². The predicted molar refractivity (Wildman–Crippen MR) is 100 cm³/mol. The monoisotopic (exact) mass is 378 g/mol. The minimum atomic E-state index is 0.179. The lowest BCUT2D eigenvalue weighted by atomic mass is 10.1. The minimum absolute atomic E-state index is 0.179. The van der Waals surface area contributed by atoms with Gasteiger partial charge in [-0.25, -0.2) is 0 Å². The Morgan fingerprint density at radius 2 is 1.86 bits per heavy atom. The van der Waals surface area contributed by atoms with Crippen LogP contribution in [0.5, 0.6) is 0 Å². The van der Waals surface area contributed by atoms with Crippen LogP contribution in [0.3, 0.4) is 0 Å². The zero-order valence-electron chi connectivity index (χ0n) is 12.8. The molecule has 0 aliphatic heterocycles. The molecule has 0 saturated heterocycles. The number of hydrogen-bond donors (Lipinski definition) is 3. The van der Waals surface area contributed by atoms with Gasteiger partial charge in [-0.3, -0.25) is 0 Å². The second-order valence-corrected chi connectivity index (χ2v) is 6.81. The molecule has 0 saturated carbocycles. The highest BCUT2D eigenvalue weighted by Crippen LogP contribution is 2.16. The SMILES string of the molecule is C[NH+](C)C[C@@H](NC(=S)Nc1cccc(Br)c1)c1ccccc1. The van der Waals surface area contributed by atoms with Crippen LogP contribution >= 0.6 is 28.1 Å². The molecule has 1 atom stereocenters. The Kier molecular flexibility index (Phi) is 6.36. The molecule has 116 valence electrons. The lowest BCUT2D eigenvalue weighted by molar-refractivity contribution is -0.860. The molecule has 0 aliphatic rings. The molecular weight excluding hydrogens is 358 g/mol. The minimum Gasteiger partial charge on any atom is -0.350 e. The van der Waals surface area contributed by atoms with Gasteiger partial charge in [0, 0.05) is 10.2 Å². The van der Waals surface area contributed by atoms with E-state index in [0.29, 0.717) is 5.11 Å². The first kappa shape index (κ1) is 16.9. The average molecular weight is 379 g/mol. The molecule has 2 aromatic carbocycles. The van der Waals surface area contributed by atoms with Crippen LogP contribution in [0, 0.1) is 0 Å². The van der Waals surface area contributed by atoms with Gasteiger partial charge in [0.15, 0.2) is 5.11 Å². The molecule has 0 heterocycles. The normalized spacial score (nSPS) is 12.0. The third kappa shape index (κ3) is 5.40. The van der Waals surface area contributed by atoms with Gasteiger partial charge >= 0.3 is 0 Å². The van der Waals surface area contributed by atoms with Crippen LogP contribution in [-0.4, -0.2) is 25.8 Å². The first-order valence-corrected chi connectivity index (χ1v) is 8.42. The van der Waals surface area contributed by atoms with E-state index in [0.717, 1.165) is 16.7 Å². The highest BCUT2D eigenvalue weighted by molar-refractivity contribution is 9.10. The van der Waals surface area contributed by atoms with E-state index in [1.807, 2.05) is 30.3 Å². The maximum atomic E-state index is 5.46. The smallest absolute Gasteiger partial charge is 0.171 e. The number of halogens is 1. The number of quaternary nitrogens is 1. The van der Waals surface area contributed by atoms with Crippen molar-refractivity contribution in [3.63, 3.8) is 0 Å². The van der Waals surface area contributed by atoms with Crippen molar-refractivity contribution >= 4 is 38.9 Å². The number of likely N-dealkylation sites (N-methyl/N-ethyl adjacent to an activating group) is 1. The maximum absolute atomic E-state index is 5.46. The van der Waals surface area contributed by atoms with Gasteiger partial charge in [0.1, 0.15) is 12.6 Å². The van der Waals surface area contributed by atoms with Crippen LogP contribution in [0.2, 0.25) is 0 Å². The molecule has 0 aromatic heterocycles. The molecule has 5 heteroatoms. The van der Waals surface area contributed by atoms with Crippen molar-refractivity contribution in [3.05, 3.63) is 64.6 Å². The number of rotatable bonds is 5. The van der Waals surface area contributed by atoms with E-state index in [2.05, 4.69) is 64.9 Å². The first-order chi connectivity index (χ1) is 10.5. The summed E-state index contributed by atoms with van der Waals surface area (Å²) in [5, 5.41) is 7.29. The van der Waals surface area contributed by atoms with E-state index in [1.54, 1.807) is 0 Å². The van der Waals surface area contributed by atoms with E-state index in [-0.39, 0.29) is 6.04 Å². The Hall–Kier alpha value is -1.43. The quantitative estimate of drug-likeness (QED) is 0.698. The molecule has 0 amide bonds. The van der Waals surface area contributed by atoms with E-state index in [4.69, 9.17) is 12.2 Å². The Bertz CT molecular complexity index is 616. The van der Waals surface area contributed by atoms with Crippen LogP contribution in [-0.2, 0) is 0 Å². The van der Waals surface area contributed by atoms with Crippen LogP contribution < -0.4 is 15.5 Å². The Morgan fingerprint density at radius 3 is 2.50 bits per heavy atom. The molecule has 3 nitrogen and oxygen atoms in total. The summed E-state index contributed by atoms with van der Waals surface area (Å²) in [5.74, 6) is 0.